The number of carbonyl (C=O) groups is 3. The Morgan fingerprint density at radius 1 is 1.30 bits per heavy atom. The summed E-state index contributed by atoms with van der Waals surface area (Å²) in [6.07, 6.45) is 5.36. The third-order valence-electron chi connectivity index (χ3n) is 7.93. The van der Waals surface area contributed by atoms with Crippen LogP contribution in [0.15, 0.2) is 18.3 Å². The SMILES string of the molecule is CC1NCCN(Cc2cc3c(nc2C=O)N(C(=O)Nc2cc(N4CCC(C)(S)CC4)c(C#N)cn2)CCC3)C1=O. The first-order chi connectivity index (χ1) is 19.2. The number of fused-ring (bicyclic) bond motifs is 1. The number of piperazine rings is 1. The van der Waals surface area contributed by atoms with Crippen LogP contribution in [-0.2, 0) is 17.8 Å². The molecule has 210 valence electrons. The lowest BCUT2D eigenvalue weighted by Crippen LogP contribution is -2.53. The smallest absolute Gasteiger partial charge is 0.328 e. The van der Waals surface area contributed by atoms with Crippen LogP contribution in [0.25, 0.3) is 0 Å². The molecule has 3 amide bonds. The summed E-state index contributed by atoms with van der Waals surface area (Å²) in [5.74, 6) is 0.761. The minimum Gasteiger partial charge on any atom is -0.370 e. The maximum absolute atomic E-state index is 13.4. The lowest BCUT2D eigenvalue weighted by Gasteiger charge is -2.37. The maximum Gasteiger partial charge on any atom is 0.328 e. The van der Waals surface area contributed by atoms with Gasteiger partial charge in [0.1, 0.15) is 23.4 Å². The number of nitrogens with zero attached hydrogens (tertiary/aromatic N) is 6. The Bertz CT molecular complexity index is 1360. The Morgan fingerprint density at radius 2 is 2.08 bits per heavy atom. The molecule has 40 heavy (non-hydrogen) atoms. The number of anilines is 3. The van der Waals surface area contributed by atoms with Gasteiger partial charge in [0.2, 0.25) is 5.91 Å². The van der Waals surface area contributed by atoms with E-state index in [-0.39, 0.29) is 22.4 Å². The summed E-state index contributed by atoms with van der Waals surface area (Å²) < 4.78 is -0.0405. The number of amides is 3. The van der Waals surface area contributed by atoms with Crippen molar-refractivity contribution in [2.45, 2.75) is 56.9 Å². The molecule has 2 fully saturated rings. The second-order valence-electron chi connectivity index (χ2n) is 10.9. The topological polar surface area (TPSA) is 135 Å². The molecule has 0 spiro atoms. The Kier molecular flexibility index (Phi) is 7.96. The zero-order valence-corrected chi connectivity index (χ0v) is 23.7. The van der Waals surface area contributed by atoms with Crippen LogP contribution >= 0.6 is 12.6 Å². The van der Waals surface area contributed by atoms with E-state index in [1.807, 2.05) is 13.0 Å². The van der Waals surface area contributed by atoms with Crippen molar-refractivity contribution in [1.82, 2.24) is 20.2 Å². The van der Waals surface area contributed by atoms with Gasteiger partial charge in [-0.1, -0.05) is 6.92 Å². The number of aryl methyl sites for hydroxylation is 1. The number of hydrogen-bond donors (Lipinski definition) is 3. The van der Waals surface area contributed by atoms with Crippen LogP contribution in [0.2, 0.25) is 0 Å². The maximum atomic E-state index is 13.4. The van der Waals surface area contributed by atoms with E-state index in [9.17, 15) is 19.6 Å². The fraction of sp³-hybridized carbons (Fsp3) is 0.500. The molecule has 2 aromatic heterocycles. The molecular formula is C28H34N8O3S. The Morgan fingerprint density at radius 3 is 2.80 bits per heavy atom. The first-order valence-electron chi connectivity index (χ1n) is 13.7. The van der Waals surface area contributed by atoms with Gasteiger partial charge in [0, 0.05) is 61.8 Å². The van der Waals surface area contributed by atoms with Crippen molar-refractivity contribution >= 4 is 48.2 Å². The highest BCUT2D eigenvalue weighted by Crippen LogP contribution is 2.33. The van der Waals surface area contributed by atoms with E-state index in [0.29, 0.717) is 61.6 Å². The van der Waals surface area contributed by atoms with E-state index in [1.54, 1.807) is 11.0 Å². The molecule has 0 aromatic carbocycles. The molecule has 0 saturated carbocycles. The highest BCUT2D eigenvalue weighted by atomic mass is 32.1. The molecule has 3 aliphatic rings. The van der Waals surface area contributed by atoms with Crippen molar-refractivity contribution in [2.24, 2.45) is 0 Å². The molecular weight excluding hydrogens is 528 g/mol. The fourth-order valence-corrected chi connectivity index (χ4v) is 5.70. The number of urea groups is 1. The van der Waals surface area contributed by atoms with Gasteiger partial charge < -0.3 is 15.1 Å². The summed E-state index contributed by atoms with van der Waals surface area (Å²) in [4.78, 5) is 52.3. The molecule has 0 aliphatic carbocycles. The molecule has 5 rings (SSSR count). The lowest BCUT2D eigenvalue weighted by atomic mass is 9.97. The second kappa shape index (κ2) is 11.4. The molecule has 1 unspecified atom stereocenters. The van der Waals surface area contributed by atoms with Gasteiger partial charge in [0.15, 0.2) is 6.29 Å². The third kappa shape index (κ3) is 5.76. The van der Waals surface area contributed by atoms with Crippen LogP contribution in [0.1, 0.15) is 60.3 Å². The standard InChI is InChI=1S/C28H34N8O3S/c1-18-26(38)35(11-7-30-18)16-20-12-19-4-3-8-36(25(19)32-22(20)17-37)27(39)33-24-13-23(21(14-29)15-31-24)34-9-5-28(2,40)6-10-34/h12-13,15,17-18,30,40H,3-11,16H2,1-2H3,(H,31,33,39). The molecule has 1 atom stereocenters. The second-order valence-corrected chi connectivity index (χ2v) is 12.0. The number of pyridine rings is 2. The number of carbonyl (C=O) groups excluding carboxylic acids is 3. The number of nitriles is 1. The van der Waals surface area contributed by atoms with Gasteiger partial charge in [0.25, 0.3) is 0 Å². The molecule has 5 heterocycles. The van der Waals surface area contributed by atoms with E-state index in [4.69, 9.17) is 12.6 Å². The molecule has 0 bridgehead atoms. The molecule has 2 N–H and O–H groups in total. The molecule has 12 heteroatoms. The van der Waals surface area contributed by atoms with Crippen molar-refractivity contribution in [1.29, 1.82) is 5.26 Å². The predicted molar refractivity (Wildman–Crippen MR) is 155 cm³/mol. The van der Waals surface area contributed by atoms with Gasteiger partial charge in [-0.25, -0.2) is 14.8 Å². The highest BCUT2D eigenvalue weighted by molar-refractivity contribution is 7.81. The Labute approximate surface area is 239 Å². The predicted octanol–water partition coefficient (Wildman–Crippen LogP) is 2.75. The Hall–Kier alpha value is -3.69. The molecule has 3 aliphatic heterocycles. The van der Waals surface area contributed by atoms with Gasteiger partial charge in [-0.15, -0.1) is 0 Å². The molecule has 0 radical (unpaired) electrons. The lowest BCUT2D eigenvalue weighted by molar-refractivity contribution is -0.135. The van der Waals surface area contributed by atoms with Crippen molar-refractivity contribution in [3.05, 3.63) is 40.7 Å². The summed E-state index contributed by atoms with van der Waals surface area (Å²) in [6.45, 7) is 7.43. The first-order valence-corrected chi connectivity index (χ1v) is 14.1. The van der Waals surface area contributed by atoms with Crippen molar-refractivity contribution in [3.63, 3.8) is 0 Å². The molecule has 11 nitrogen and oxygen atoms in total. The normalized spacial score (nSPS) is 20.5. The van der Waals surface area contributed by atoms with Crippen LogP contribution in [0.5, 0.6) is 0 Å². The van der Waals surface area contributed by atoms with Crippen LogP contribution in [0.4, 0.5) is 22.1 Å². The van der Waals surface area contributed by atoms with E-state index in [1.165, 1.54) is 11.1 Å². The average Bonchev–Trinajstić information content (AvgIpc) is 2.94. The summed E-state index contributed by atoms with van der Waals surface area (Å²) in [5, 5.41) is 15.7. The number of rotatable bonds is 5. The van der Waals surface area contributed by atoms with Crippen LogP contribution in [0, 0.1) is 11.3 Å². The largest absolute Gasteiger partial charge is 0.370 e. The molecule has 2 saturated heterocycles. The zero-order chi connectivity index (χ0) is 28.4. The van der Waals surface area contributed by atoms with Gasteiger partial charge in [-0.3, -0.25) is 19.8 Å². The van der Waals surface area contributed by atoms with Gasteiger partial charge in [0.05, 0.1) is 17.3 Å². The fourth-order valence-electron chi connectivity index (χ4n) is 5.50. The molecule has 2 aromatic rings. The summed E-state index contributed by atoms with van der Waals surface area (Å²) in [7, 11) is 0. The monoisotopic (exact) mass is 562 g/mol. The summed E-state index contributed by atoms with van der Waals surface area (Å²) in [5.41, 5.74) is 2.94. The third-order valence-corrected chi connectivity index (χ3v) is 8.37. The Balaban J connectivity index is 1.36. The number of thiol groups is 1. The average molecular weight is 563 g/mol. The van der Waals surface area contributed by atoms with E-state index < -0.39 is 6.03 Å². The number of aldehydes is 1. The van der Waals surface area contributed by atoms with Gasteiger partial charge >= 0.3 is 6.03 Å². The number of hydrogen-bond acceptors (Lipinski definition) is 9. The van der Waals surface area contributed by atoms with Crippen LogP contribution in [0.3, 0.4) is 0 Å². The van der Waals surface area contributed by atoms with Crippen molar-refractivity contribution in [2.75, 3.05) is 47.8 Å². The van der Waals surface area contributed by atoms with E-state index >= 15 is 0 Å². The van der Waals surface area contributed by atoms with Crippen molar-refractivity contribution < 1.29 is 14.4 Å². The number of piperidine rings is 1. The summed E-state index contributed by atoms with van der Waals surface area (Å²) in [6, 6.07) is 5.16. The summed E-state index contributed by atoms with van der Waals surface area (Å²) >= 11 is 4.71. The first kappa shape index (κ1) is 27.9. The van der Waals surface area contributed by atoms with Gasteiger partial charge in [-0.2, -0.15) is 17.9 Å². The van der Waals surface area contributed by atoms with Crippen LogP contribution < -0.4 is 20.4 Å². The number of aromatic nitrogens is 2. The highest BCUT2D eigenvalue weighted by Gasteiger charge is 2.30. The minimum absolute atomic E-state index is 0.0136. The zero-order valence-electron chi connectivity index (χ0n) is 22.8. The quantitative estimate of drug-likeness (QED) is 0.374. The van der Waals surface area contributed by atoms with Gasteiger partial charge in [-0.05, 0) is 44.2 Å². The van der Waals surface area contributed by atoms with Crippen LogP contribution in [-0.4, -0.2) is 76.6 Å². The van der Waals surface area contributed by atoms with Crippen molar-refractivity contribution in [3.8, 4) is 6.07 Å². The minimum atomic E-state index is -0.408. The number of nitrogens with one attached hydrogen (secondary N) is 2. The van der Waals surface area contributed by atoms with E-state index in [0.717, 1.165) is 43.6 Å². The van der Waals surface area contributed by atoms with E-state index in [2.05, 4.69) is 38.5 Å².